The maximum atomic E-state index is 13.3. The van der Waals surface area contributed by atoms with Gasteiger partial charge in [-0.15, -0.1) is 0 Å². The minimum absolute atomic E-state index is 0.178. The smallest absolute Gasteiger partial charge is 0.411 e. The molecule has 0 fully saturated rings. The van der Waals surface area contributed by atoms with Gasteiger partial charge in [0.1, 0.15) is 17.2 Å². The van der Waals surface area contributed by atoms with Crippen molar-refractivity contribution < 1.29 is 23.8 Å². The van der Waals surface area contributed by atoms with E-state index in [1.807, 2.05) is 35.7 Å². The average molecular weight is 382 g/mol. The summed E-state index contributed by atoms with van der Waals surface area (Å²) in [5, 5.41) is 2.60. The number of fused-ring (bicyclic) bond motifs is 1. The van der Waals surface area contributed by atoms with Crippen LogP contribution in [-0.2, 0) is 4.74 Å². The number of hydrogen-bond acceptors (Lipinski definition) is 5. The van der Waals surface area contributed by atoms with Crippen molar-refractivity contribution in [3.63, 3.8) is 0 Å². The summed E-state index contributed by atoms with van der Waals surface area (Å²) >= 11 is 0. The molecular weight excluding hydrogens is 360 g/mol. The monoisotopic (exact) mass is 382 g/mol. The number of hydrogen-bond donors (Lipinski definition) is 1. The number of amides is 1. The van der Waals surface area contributed by atoms with Crippen molar-refractivity contribution in [2.45, 2.75) is 13.8 Å². The Morgan fingerprint density at radius 1 is 1.11 bits per heavy atom. The van der Waals surface area contributed by atoms with E-state index in [-0.39, 0.29) is 12.4 Å². The molecule has 3 aromatic rings. The van der Waals surface area contributed by atoms with Gasteiger partial charge in [0, 0.05) is 17.3 Å². The summed E-state index contributed by atoms with van der Waals surface area (Å²) in [6, 6.07) is 10.5. The van der Waals surface area contributed by atoms with E-state index in [9.17, 15) is 9.59 Å². The Balaban J connectivity index is 2.03. The number of carbonyl (C=O) groups is 2. The van der Waals surface area contributed by atoms with Gasteiger partial charge in [-0.3, -0.25) is 10.1 Å². The average Bonchev–Trinajstić information content (AvgIpc) is 2.98. The molecule has 0 radical (unpaired) electrons. The van der Waals surface area contributed by atoms with Crippen molar-refractivity contribution in [2.75, 3.05) is 26.1 Å². The maximum absolute atomic E-state index is 13.3. The van der Waals surface area contributed by atoms with Crippen LogP contribution in [0.1, 0.15) is 28.5 Å². The van der Waals surface area contributed by atoms with Crippen molar-refractivity contribution >= 4 is 23.1 Å². The second-order valence-electron chi connectivity index (χ2n) is 6.05. The minimum atomic E-state index is -0.585. The molecule has 0 aliphatic rings. The lowest BCUT2D eigenvalue weighted by Gasteiger charge is -2.12. The van der Waals surface area contributed by atoms with Crippen molar-refractivity contribution in [3.05, 3.63) is 59.4 Å². The SMILES string of the molecule is CCOC(=O)Nc1ccc(C(=O)c2c(C)c(OC)c3ccccn23)cc1OC. The molecule has 146 valence electrons. The first-order chi connectivity index (χ1) is 13.5. The van der Waals surface area contributed by atoms with Crippen LogP contribution >= 0.6 is 0 Å². The lowest BCUT2D eigenvalue weighted by molar-refractivity contribution is 0.103. The third-order valence-electron chi connectivity index (χ3n) is 4.42. The first kappa shape index (κ1) is 19.3. The van der Waals surface area contributed by atoms with Crippen LogP contribution in [0.25, 0.3) is 5.52 Å². The van der Waals surface area contributed by atoms with Crippen molar-refractivity contribution in [1.29, 1.82) is 0 Å². The summed E-state index contributed by atoms with van der Waals surface area (Å²) in [6.07, 6.45) is 1.24. The Bertz CT molecular complexity index is 1040. The Kier molecular flexibility index (Phi) is 5.54. The van der Waals surface area contributed by atoms with Crippen LogP contribution in [0.3, 0.4) is 0 Å². The Hall–Kier alpha value is -3.48. The second kappa shape index (κ2) is 8.04. The van der Waals surface area contributed by atoms with Gasteiger partial charge in [0.25, 0.3) is 0 Å². The van der Waals surface area contributed by atoms with E-state index in [0.29, 0.717) is 28.4 Å². The van der Waals surface area contributed by atoms with Crippen LogP contribution in [0.4, 0.5) is 10.5 Å². The number of methoxy groups -OCH3 is 2. The third-order valence-corrected chi connectivity index (χ3v) is 4.42. The molecule has 0 bridgehead atoms. The molecule has 0 spiro atoms. The van der Waals surface area contributed by atoms with Crippen LogP contribution in [-0.4, -0.2) is 37.1 Å². The van der Waals surface area contributed by atoms with Crippen molar-refractivity contribution in [1.82, 2.24) is 4.40 Å². The van der Waals surface area contributed by atoms with E-state index in [0.717, 1.165) is 11.1 Å². The zero-order chi connectivity index (χ0) is 20.3. The van der Waals surface area contributed by atoms with Gasteiger partial charge in [0.05, 0.1) is 32.0 Å². The van der Waals surface area contributed by atoms with Gasteiger partial charge in [0.15, 0.2) is 0 Å². The van der Waals surface area contributed by atoms with Crippen LogP contribution in [0.15, 0.2) is 42.6 Å². The van der Waals surface area contributed by atoms with Gasteiger partial charge in [-0.1, -0.05) is 6.07 Å². The molecule has 0 saturated heterocycles. The molecular formula is C21H22N2O5. The molecule has 2 heterocycles. The normalized spacial score (nSPS) is 10.6. The Morgan fingerprint density at radius 3 is 2.57 bits per heavy atom. The fourth-order valence-corrected chi connectivity index (χ4v) is 3.19. The van der Waals surface area contributed by atoms with Gasteiger partial charge in [-0.25, -0.2) is 4.79 Å². The summed E-state index contributed by atoms with van der Waals surface area (Å²) in [5.41, 5.74) is 2.94. The molecule has 0 saturated carbocycles. The summed E-state index contributed by atoms with van der Waals surface area (Å²) in [5.74, 6) is 0.851. The standard InChI is InChI=1S/C21H22N2O5/c1-5-28-21(25)22-15-10-9-14(12-17(15)26-3)19(24)18-13(2)20(27-4)16-8-6-7-11-23(16)18/h6-12H,5H2,1-4H3,(H,22,25). The number of nitrogens with zero attached hydrogens (tertiary/aromatic N) is 1. The highest BCUT2D eigenvalue weighted by Gasteiger charge is 2.23. The van der Waals surface area contributed by atoms with E-state index >= 15 is 0 Å². The fraction of sp³-hybridized carbons (Fsp3) is 0.238. The molecule has 0 unspecified atom stereocenters. The fourth-order valence-electron chi connectivity index (χ4n) is 3.19. The number of pyridine rings is 1. The highest BCUT2D eigenvalue weighted by atomic mass is 16.5. The summed E-state index contributed by atoms with van der Waals surface area (Å²) in [7, 11) is 3.06. The van der Waals surface area contributed by atoms with Crippen molar-refractivity contribution in [2.24, 2.45) is 0 Å². The highest BCUT2D eigenvalue weighted by molar-refractivity contribution is 6.11. The Labute approximate surface area is 162 Å². The number of carbonyl (C=O) groups excluding carboxylic acids is 2. The van der Waals surface area contributed by atoms with E-state index in [2.05, 4.69) is 5.32 Å². The van der Waals surface area contributed by atoms with Crippen LogP contribution in [0.5, 0.6) is 11.5 Å². The number of aromatic nitrogens is 1. The van der Waals surface area contributed by atoms with E-state index in [1.54, 1.807) is 32.2 Å². The molecule has 0 atom stereocenters. The van der Waals surface area contributed by atoms with E-state index < -0.39 is 6.09 Å². The molecule has 1 amide bonds. The lowest BCUT2D eigenvalue weighted by atomic mass is 10.0. The quantitative estimate of drug-likeness (QED) is 0.651. The summed E-state index contributed by atoms with van der Waals surface area (Å²) < 4.78 is 17.5. The van der Waals surface area contributed by atoms with Gasteiger partial charge in [-0.2, -0.15) is 0 Å². The van der Waals surface area contributed by atoms with Gasteiger partial charge in [0.2, 0.25) is 5.78 Å². The van der Waals surface area contributed by atoms with Crippen molar-refractivity contribution in [3.8, 4) is 11.5 Å². The predicted octanol–water partition coefficient (Wildman–Crippen LogP) is 4.06. The first-order valence-corrected chi connectivity index (χ1v) is 8.82. The number of anilines is 1. The number of nitrogens with one attached hydrogen (secondary N) is 1. The molecule has 0 aliphatic heterocycles. The van der Waals surface area contributed by atoms with E-state index in [1.165, 1.54) is 7.11 Å². The minimum Gasteiger partial charge on any atom is -0.495 e. The zero-order valence-corrected chi connectivity index (χ0v) is 16.2. The molecule has 28 heavy (non-hydrogen) atoms. The van der Waals surface area contributed by atoms with Crippen LogP contribution in [0.2, 0.25) is 0 Å². The molecule has 1 aromatic carbocycles. The van der Waals surface area contributed by atoms with Gasteiger partial charge in [-0.05, 0) is 44.2 Å². The topological polar surface area (TPSA) is 78.3 Å². The maximum Gasteiger partial charge on any atom is 0.411 e. The number of rotatable bonds is 6. The van der Waals surface area contributed by atoms with E-state index in [4.69, 9.17) is 14.2 Å². The van der Waals surface area contributed by atoms with Gasteiger partial charge >= 0.3 is 6.09 Å². The molecule has 3 rings (SSSR count). The second-order valence-corrected chi connectivity index (χ2v) is 6.05. The third kappa shape index (κ3) is 3.38. The van der Waals surface area contributed by atoms with Crippen LogP contribution in [0, 0.1) is 6.92 Å². The molecule has 7 nitrogen and oxygen atoms in total. The molecule has 2 aromatic heterocycles. The van der Waals surface area contributed by atoms with Gasteiger partial charge < -0.3 is 18.6 Å². The Morgan fingerprint density at radius 2 is 1.89 bits per heavy atom. The number of benzene rings is 1. The molecule has 7 heteroatoms. The molecule has 1 N–H and O–H groups in total. The number of ketones is 1. The van der Waals surface area contributed by atoms with Crippen LogP contribution < -0.4 is 14.8 Å². The molecule has 0 aliphatic carbocycles. The largest absolute Gasteiger partial charge is 0.495 e. The number of ether oxygens (including phenoxy) is 3. The predicted molar refractivity (Wildman–Crippen MR) is 106 cm³/mol. The summed E-state index contributed by atoms with van der Waals surface area (Å²) in [6.45, 7) is 3.83. The zero-order valence-electron chi connectivity index (χ0n) is 16.2. The highest BCUT2D eigenvalue weighted by Crippen LogP contribution is 2.33. The lowest BCUT2D eigenvalue weighted by Crippen LogP contribution is -2.14. The summed E-state index contributed by atoms with van der Waals surface area (Å²) in [4.78, 5) is 24.9. The first-order valence-electron chi connectivity index (χ1n) is 8.82.